The summed E-state index contributed by atoms with van der Waals surface area (Å²) in [6.07, 6.45) is 15.9. The summed E-state index contributed by atoms with van der Waals surface area (Å²) in [4.78, 5) is 70.5. The van der Waals surface area contributed by atoms with Crippen molar-refractivity contribution in [3.8, 4) is 0 Å². The van der Waals surface area contributed by atoms with E-state index in [2.05, 4.69) is 143 Å². The molecule has 0 saturated carbocycles. The van der Waals surface area contributed by atoms with Gasteiger partial charge in [-0.1, -0.05) is 76.1 Å². The molecule has 0 aromatic carbocycles. The summed E-state index contributed by atoms with van der Waals surface area (Å²) in [5, 5.41) is 25.1. The summed E-state index contributed by atoms with van der Waals surface area (Å²) in [5.41, 5.74) is 7.89. The monoisotopic (exact) mass is 2240 g/mol. The first-order valence-corrected chi connectivity index (χ1v) is 51.4. The number of rotatable bonds is 16. The Morgan fingerprint density at radius 1 is 0.438 bits per heavy atom. The number of halogens is 9. The van der Waals surface area contributed by atoms with Crippen molar-refractivity contribution >= 4 is 250 Å². The van der Waals surface area contributed by atoms with Gasteiger partial charge in [-0.05, 0) is 361 Å². The Morgan fingerprint density at radius 3 is 1.05 bits per heavy atom. The van der Waals surface area contributed by atoms with Gasteiger partial charge in [0.2, 0.25) is 0 Å². The zero-order valence-electron chi connectivity index (χ0n) is 75.8. The number of nitrogens with zero attached hydrogens (tertiary/aromatic N) is 4. The molecule has 36 heteroatoms. The quantitative estimate of drug-likeness (QED) is 0.0265. The minimum atomic E-state index is -0.463. The average molecular weight is 2250 g/mol. The predicted molar refractivity (Wildman–Crippen MR) is 575 cm³/mol. The van der Waals surface area contributed by atoms with Crippen LogP contribution in [0.4, 0.5) is 14.4 Å². The van der Waals surface area contributed by atoms with Crippen LogP contribution in [0.25, 0.3) is 0 Å². The van der Waals surface area contributed by atoms with Crippen LogP contribution in [-0.2, 0) is 78.2 Å². The van der Waals surface area contributed by atoms with E-state index in [9.17, 15) is 24.0 Å². The molecule has 0 saturated heterocycles. The predicted octanol–water partition coefficient (Wildman–Crippen LogP) is 29.3. The van der Waals surface area contributed by atoms with E-state index >= 15 is 0 Å². The van der Waals surface area contributed by atoms with Gasteiger partial charge in [0.15, 0.2) is 0 Å². The number of ether oxygens (including phenoxy) is 5. The molecule has 0 bridgehead atoms. The number of likely N-dealkylation sites (N-methyl/N-ethyl adjacent to an activating group) is 7. The Kier molecular flexibility index (Phi) is 61.2. The van der Waals surface area contributed by atoms with Crippen molar-refractivity contribution < 1.29 is 47.7 Å². The molecule has 7 aromatic rings. The average Bonchev–Trinajstić information content (AvgIpc) is 1.64. The number of hydrogen-bond acceptors (Lipinski definition) is 23. The molecule has 128 heavy (non-hydrogen) atoms. The van der Waals surface area contributed by atoms with Crippen LogP contribution in [0.15, 0.2) is 55.4 Å². The van der Waals surface area contributed by atoms with E-state index in [1.54, 1.807) is 54.9 Å². The normalized spacial score (nSPS) is 17.4. The first-order valence-electron chi connectivity index (χ1n) is 41.2. The van der Waals surface area contributed by atoms with E-state index in [0.29, 0.717) is 55.0 Å². The Hall–Kier alpha value is -2.12. The third-order valence-electron chi connectivity index (χ3n) is 20.1. The Balaban J connectivity index is 0. The van der Waals surface area contributed by atoms with Crippen LogP contribution in [0, 0.1) is 0 Å². The van der Waals surface area contributed by atoms with Crippen LogP contribution in [0.5, 0.6) is 0 Å². The number of carbonyl (C=O) groups excluding carboxylic acids is 5. The van der Waals surface area contributed by atoms with Gasteiger partial charge in [-0.2, -0.15) is 0 Å². The van der Waals surface area contributed by atoms with Crippen LogP contribution in [-0.4, -0.2) is 177 Å². The summed E-state index contributed by atoms with van der Waals surface area (Å²) >= 11 is 51.1. The van der Waals surface area contributed by atoms with E-state index < -0.39 is 16.8 Å². The van der Waals surface area contributed by atoms with Gasteiger partial charge in [-0.3, -0.25) is 9.59 Å². The Bertz CT molecular complexity index is 4340. The second-order valence-corrected chi connectivity index (χ2v) is 48.7. The molecular formula is C92H147BBr3Cl6N8O10S8. The van der Waals surface area contributed by atoms with Crippen molar-refractivity contribution in [1.29, 1.82) is 0 Å². The van der Waals surface area contributed by atoms with Crippen molar-refractivity contribution in [3.05, 3.63) is 144 Å². The van der Waals surface area contributed by atoms with Crippen LogP contribution >= 0.6 is 211 Å². The number of aryl methyl sites for hydroxylation is 7. The van der Waals surface area contributed by atoms with E-state index in [0.717, 1.165) is 111 Å². The Morgan fingerprint density at radius 2 is 0.719 bits per heavy atom. The molecule has 0 spiro atoms. The number of thiophene rings is 7. The topological polar surface area (TPSA) is 202 Å². The molecule has 7 atom stereocenters. The third-order valence-corrected chi connectivity index (χ3v) is 32.2. The molecule has 0 fully saturated rings. The number of hydrogen-bond donors (Lipinski definition) is 5. The Labute approximate surface area is 861 Å². The van der Waals surface area contributed by atoms with E-state index in [1.807, 2.05) is 203 Å². The number of thiol groups is 1. The summed E-state index contributed by atoms with van der Waals surface area (Å²) in [6.45, 7) is 35.2. The van der Waals surface area contributed by atoms with Gasteiger partial charge in [0.05, 0.1) is 31.4 Å². The zero-order chi connectivity index (χ0) is 91.4. The maximum absolute atomic E-state index is 12.0. The molecule has 1 radical (unpaired) electrons. The molecule has 7 aromatic heterocycles. The van der Waals surface area contributed by atoms with E-state index in [1.165, 1.54) is 118 Å². The molecule has 14 rings (SSSR count). The molecule has 3 amide bonds. The molecule has 7 aliphatic carbocycles. The fourth-order valence-electron chi connectivity index (χ4n) is 14.9. The van der Waals surface area contributed by atoms with Gasteiger partial charge >= 0.3 is 43.0 Å². The third kappa shape index (κ3) is 42.5. The van der Waals surface area contributed by atoms with Gasteiger partial charge in [-0.25, -0.2) is 14.4 Å². The second kappa shape index (κ2) is 61.3. The molecular weight excluding hydrogens is 2100 g/mol. The van der Waals surface area contributed by atoms with Crippen molar-refractivity contribution in [2.24, 2.45) is 4.30 Å². The number of carbonyl (C=O) groups is 5. The van der Waals surface area contributed by atoms with Crippen LogP contribution in [0.1, 0.15) is 293 Å². The summed E-state index contributed by atoms with van der Waals surface area (Å²) < 4.78 is 31.2. The number of fused-ring (bicyclic) bond motifs is 7. The van der Waals surface area contributed by atoms with Crippen LogP contribution < -0.4 is 21.3 Å². The van der Waals surface area contributed by atoms with Crippen LogP contribution in [0.3, 0.4) is 0 Å². The summed E-state index contributed by atoms with van der Waals surface area (Å²) in [6, 6.07) is 6.68. The molecule has 18 nitrogen and oxygen atoms in total. The van der Waals surface area contributed by atoms with Gasteiger partial charge in [0, 0.05) is 130 Å². The minimum absolute atomic E-state index is 0. The number of nitrogens with one attached hydrogen (secondary N) is 4. The molecule has 7 unspecified atom stereocenters. The first kappa shape index (κ1) is 128. The fraction of sp³-hybridized carbons (Fsp3) is 0.641. The zero-order valence-corrected chi connectivity index (χ0v) is 91.8. The molecule has 4 N–H and O–H groups in total. The summed E-state index contributed by atoms with van der Waals surface area (Å²) in [7, 11) is 17.8. The van der Waals surface area contributed by atoms with Crippen molar-refractivity contribution in [2.75, 3.05) is 95.1 Å². The van der Waals surface area contributed by atoms with E-state index in [4.69, 9.17) is 60.6 Å². The van der Waals surface area contributed by atoms with Gasteiger partial charge in [-0.15, -0.1) is 104 Å². The molecule has 729 valence electrons. The molecule has 7 heterocycles. The first-order chi connectivity index (χ1) is 57.2. The molecule has 0 aliphatic heterocycles. The van der Waals surface area contributed by atoms with Gasteiger partial charge < -0.3 is 59.7 Å². The maximum atomic E-state index is 12.0. The summed E-state index contributed by atoms with van der Waals surface area (Å²) in [5.74, 6) is 3.94. The molecule has 7 aliphatic rings. The van der Waals surface area contributed by atoms with E-state index in [-0.39, 0.29) is 84.0 Å². The fourth-order valence-corrected chi connectivity index (χ4v) is 26.2. The van der Waals surface area contributed by atoms with Crippen LogP contribution in [0.2, 0.25) is 20.1 Å². The van der Waals surface area contributed by atoms with Crippen molar-refractivity contribution in [3.63, 3.8) is 0 Å². The SMILES string of the molecule is C.C.C.C.CC(C)(C)OC=O.CC(C)(C)OC=O.CN(CC1CCc2sc(Br)c(Cl)c21)C(=O)OC(C)(C)C.CN(CC1CCc2sc(Br)cc21)C(=O)OC(C)(C)C.CN(CC1CCc2sccc21)C(=O)OC(C)(C)C.CNCC1CCc2sc(Br)c(Cl)c21.CNCC1CCc2scc(Cl)c21.CNCC1CCc2scc(Cl)c21.CNCC1CCc2sccc21.Cl.Cl.[B]=NS. The second-order valence-electron chi connectivity index (χ2n) is 35.7. The van der Waals surface area contributed by atoms with Crippen molar-refractivity contribution in [2.45, 2.75) is 293 Å². The standard InChI is InChI=1S/C14H19BrClNO2S.C14H20BrNO2S.C14H21NO2S.C9H11BrClNS.2C9H12ClNS.C9H13NS.2C5H10O2.4CH4.BHNS.2ClH/c1-14(2,3)19-13(18)17(4)7-8-5-6-9-10(8)11(16)12(15)20-9;1-14(2,3)18-13(17)16(4)8-9-5-6-11-10(9)7-12(15)19-11;1-14(2,3)17-13(16)15(4)9-10-5-6-12-11(10)7-8-18-12;1-12-4-5-2-3-6-7(5)8(11)9(10)13-6;2*1-11-4-6-2-3-8-9(6)7(10)5-12-8;1-10-6-7-2-3-9-8(7)4-5-11-9;2*1-5(2,3)7-4-6;;;;;1-2-3;;/h8H,5-7H2,1-4H3;7,9H,5-6,8H2,1-4H3;7-8,10H,5-6,9H2,1-4H3;5,12H,2-4H2,1H3;2*5-6,11H,2-4H2,1H3;4-5,7,10H,2-3,6H2,1H3;2*4H,1-3H3;4*1H4;3H;2*1H. The van der Waals surface area contributed by atoms with Crippen molar-refractivity contribution in [1.82, 2.24) is 36.0 Å². The van der Waals surface area contributed by atoms with Gasteiger partial charge in [0.25, 0.3) is 12.9 Å². The van der Waals surface area contributed by atoms with Gasteiger partial charge in [0.1, 0.15) is 28.0 Å². The number of amides is 3.